The molecule has 100 valence electrons. The van der Waals surface area contributed by atoms with E-state index >= 15 is 0 Å². The van der Waals surface area contributed by atoms with Gasteiger partial charge in [0, 0.05) is 18.7 Å². The molecule has 2 rings (SSSR count). The highest BCUT2D eigenvalue weighted by Crippen LogP contribution is 2.40. The molecule has 1 saturated carbocycles. The van der Waals surface area contributed by atoms with Crippen LogP contribution in [0.4, 0.5) is 4.39 Å². The Morgan fingerprint density at radius 1 is 1.39 bits per heavy atom. The van der Waals surface area contributed by atoms with E-state index in [4.69, 9.17) is 15.3 Å². The average Bonchev–Trinajstić information content (AvgIpc) is 3.20. The fraction of sp³-hybridized carbons (Fsp3) is 0.538. The number of hydrazine groups is 1. The lowest BCUT2D eigenvalue weighted by Crippen LogP contribution is -2.39. The number of ether oxygens (including phenoxy) is 2. The predicted octanol–water partition coefficient (Wildman–Crippen LogP) is 1.76. The van der Waals surface area contributed by atoms with Gasteiger partial charge in [-0.05, 0) is 24.8 Å². The standard InChI is InChI=1S/C13H19FN2O2/c1-17-9-5-6-10(11(14)7-9)12(16-15)13(18-2)8-3-4-8/h5-8,12-13,16H,3-4,15H2,1-2H3. The first-order valence-electron chi connectivity index (χ1n) is 6.03. The van der Waals surface area contributed by atoms with Crippen molar-refractivity contribution in [3.8, 4) is 5.75 Å². The van der Waals surface area contributed by atoms with Crippen LogP contribution in [-0.2, 0) is 4.74 Å². The molecular formula is C13H19FN2O2. The quantitative estimate of drug-likeness (QED) is 0.600. The van der Waals surface area contributed by atoms with Crippen molar-refractivity contribution in [1.82, 2.24) is 5.43 Å². The SMILES string of the molecule is COc1ccc(C(NN)C(OC)C2CC2)c(F)c1. The van der Waals surface area contributed by atoms with Gasteiger partial charge in [0.1, 0.15) is 11.6 Å². The van der Waals surface area contributed by atoms with Gasteiger partial charge in [-0.25, -0.2) is 4.39 Å². The molecule has 0 aliphatic heterocycles. The van der Waals surface area contributed by atoms with E-state index in [0.29, 0.717) is 17.2 Å². The van der Waals surface area contributed by atoms with Crippen LogP contribution in [0.25, 0.3) is 0 Å². The zero-order valence-electron chi connectivity index (χ0n) is 10.7. The second kappa shape index (κ2) is 5.65. The van der Waals surface area contributed by atoms with Gasteiger partial charge in [0.05, 0.1) is 19.3 Å². The second-order valence-electron chi connectivity index (χ2n) is 4.57. The topological polar surface area (TPSA) is 56.5 Å². The highest BCUT2D eigenvalue weighted by atomic mass is 19.1. The summed E-state index contributed by atoms with van der Waals surface area (Å²) in [5.74, 6) is 6.17. The predicted molar refractivity (Wildman–Crippen MR) is 66.5 cm³/mol. The van der Waals surface area contributed by atoms with Crippen LogP contribution in [0.2, 0.25) is 0 Å². The van der Waals surface area contributed by atoms with Crippen molar-refractivity contribution >= 4 is 0 Å². The minimum Gasteiger partial charge on any atom is -0.497 e. The summed E-state index contributed by atoms with van der Waals surface area (Å²) in [4.78, 5) is 0. The van der Waals surface area contributed by atoms with E-state index in [9.17, 15) is 4.39 Å². The second-order valence-corrected chi connectivity index (χ2v) is 4.57. The van der Waals surface area contributed by atoms with Crippen LogP contribution in [0.3, 0.4) is 0 Å². The number of nitrogens with one attached hydrogen (secondary N) is 1. The van der Waals surface area contributed by atoms with E-state index in [1.165, 1.54) is 13.2 Å². The number of methoxy groups -OCH3 is 2. The van der Waals surface area contributed by atoms with Gasteiger partial charge in [-0.1, -0.05) is 6.07 Å². The Bertz CT molecular complexity index is 410. The fourth-order valence-electron chi connectivity index (χ4n) is 2.27. The van der Waals surface area contributed by atoms with E-state index < -0.39 is 0 Å². The lowest BCUT2D eigenvalue weighted by Gasteiger charge is -2.26. The minimum absolute atomic E-state index is 0.0992. The van der Waals surface area contributed by atoms with Crippen LogP contribution in [0.15, 0.2) is 18.2 Å². The molecule has 1 aromatic rings. The number of rotatable bonds is 6. The molecule has 0 aromatic heterocycles. The molecule has 1 aromatic carbocycles. The first kappa shape index (κ1) is 13.3. The van der Waals surface area contributed by atoms with Gasteiger partial charge >= 0.3 is 0 Å². The molecule has 2 atom stereocenters. The van der Waals surface area contributed by atoms with Crippen molar-refractivity contribution in [2.75, 3.05) is 14.2 Å². The number of benzene rings is 1. The molecule has 1 aliphatic rings. The molecule has 0 heterocycles. The van der Waals surface area contributed by atoms with Crippen LogP contribution in [-0.4, -0.2) is 20.3 Å². The van der Waals surface area contributed by atoms with Crippen molar-refractivity contribution in [3.63, 3.8) is 0 Å². The van der Waals surface area contributed by atoms with E-state index in [2.05, 4.69) is 5.43 Å². The highest BCUT2D eigenvalue weighted by Gasteiger charge is 2.38. The molecule has 0 spiro atoms. The molecule has 1 fully saturated rings. The molecule has 0 bridgehead atoms. The lowest BCUT2D eigenvalue weighted by atomic mass is 9.98. The number of hydrogen-bond acceptors (Lipinski definition) is 4. The Kier molecular flexibility index (Phi) is 4.16. The average molecular weight is 254 g/mol. The monoisotopic (exact) mass is 254 g/mol. The van der Waals surface area contributed by atoms with E-state index in [0.717, 1.165) is 12.8 Å². The van der Waals surface area contributed by atoms with Crippen molar-refractivity contribution in [2.45, 2.75) is 25.0 Å². The summed E-state index contributed by atoms with van der Waals surface area (Å²) in [6, 6.07) is 4.43. The molecule has 0 saturated heterocycles. The molecule has 2 unspecified atom stereocenters. The normalized spacial score (nSPS) is 18.4. The number of hydrogen-bond donors (Lipinski definition) is 2. The largest absolute Gasteiger partial charge is 0.497 e. The number of halogens is 1. The van der Waals surface area contributed by atoms with Crippen molar-refractivity contribution in [3.05, 3.63) is 29.6 Å². The van der Waals surface area contributed by atoms with Gasteiger partial charge in [-0.3, -0.25) is 11.3 Å². The maximum Gasteiger partial charge on any atom is 0.131 e. The summed E-state index contributed by atoms with van der Waals surface area (Å²) in [6.07, 6.45) is 2.11. The molecule has 3 N–H and O–H groups in total. The van der Waals surface area contributed by atoms with Gasteiger partial charge in [0.2, 0.25) is 0 Å². The third kappa shape index (κ3) is 2.63. The fourth-order valence-corrected chi connectivity index (χ4v) is 2.27. The van der Waals surface area contributed by atoms with Gasteiger partial charge in [0.25, 0.3) is 0 Å². The third-order valence-corrected chi connectivity index (χ3v) is 3.41. The summed E-state index contributed by atoms with van der Waals surface area (Å²) in [7, 11) is 3.14. The van der Waals surface area contributed by atoms with E-state index in [1.54, 1.807) is 19.2 Å². The van der Waals surface area contributed by atoms with Crippen molar-refractivity contribution in [2.24, 2.45) is 11.8 Å². The molecule has 4 nitrogen and oxygen atoms in total. The summed E-state index contributed by atoms with van der Waals surface area (Å²) >= 11 is 0. The Morgan fingerprint density at radius 2 is 2.11 bits per heavy atom. The maximum absolute atomic E-state index is 14.0. The molecular weight excluding hydrogens is 235 g/mol. The Hall–Kier alpha value is -1.17. The van der Waals surface area contributed by atoms with Gasteiger partial charge < -0.3 is 9.47 Å². The van der Waals surface area contributed by atoms with Crippen LogP contribution in [0.5, 0.6) is 5.75 Å². The van der Waals surface area contributed by atoms with Crippen LogP contribution < -0.4 is 16.0 Å². The molecule has 0 amide bonds. The van der Waals surface area contributed by atoms with Crippen LogP contribution in [0, 0.1) is 11.7 Å². The molecule has 5 heteroatoms. The van der Waals surface area contributed by atoms with Crippen molar-refractivity contribution in [1.29, 1.82) is 0 Å². The van der Waals surface area contributed by atoms with Crippen LogP contribution in [0.1, 0.15) is 24.4 Å². The summed E-state index contributed by atoms with van der Waals surface area (Å²) in [5, 5.41) is 0. The van der Waals surface area contributed by atoms with E-state index in [-0.39, 0.29) is 18.0 Å². The zero-order chi connectivity index (χ0) is 13.1. The Labute approximate surface area is 106 Å². The lowest BCUT2D eigenvalue weighted by molar-refractivity contribution is 0.0495. The van der Waals surface area contributed by atoms with Gasteiger partial charge in [-0.15, -0.1) is 0 Å². The Balaban J connectivity index is 2.25. The molecule has 0 radical (unpaired) electrons. The van der Waals surface area contributed by atoms with Gasteiger partial charge in [-0.2, -0.15) is 0 Å². The molecule has 1 aliphatic carbocycles. The summed E-state index contributed by atoms with van der Waals surface area (Å²) in [6.45, 7) is 0. The zero-order valence-corrected chi connectivity index (χ0v) is 10.7. The smallest absolute Gasteiger partial charge is 0.131 e. The van der Waals surface area contributed by atoms with Crippen LogP contribution >= 0.6 is 0 Å². The molecule has 18 heavy (non-hydrogen) atoms. The highest BCUT2D eigenvalue weighted by molar-refractivity contribution is 5.31. The van der Waals surface area contributed by atoms with E-state index in [1.807, 2.05) is 0 Å². The summed E-state index contributed by atoms with van der Waals surface area (Å²) < 4.78 is 24.5. The Morgan fingerprint density at radius 3 is 2.56 bits per heavy atom. The summed E-state index contributed by atoms with van der Waals surface area (Å²) in [5.41, 5.74) is 3.17. The third-order valence-electron chi connectivity index (χ3n) is 3.41. The number of nitrogens with two attached hydrogens (primary N) is 1. The first-order chi connectivity index (χ1) is 8.71. The van der Waals surface area contributed by atoms with Crippen molar-refractivity contribution < 1.29 is 13.9 Å². The maximum atomic E-state index is 14.0. The van der Waals surface area contributed by atoms with Gasteiger partial charge in [0.15, 0.2) is 0 Å². The minimum atomic E-state index is -0.339. The first-order valence-corrected chi connectivity index (χ1v) is 6.03.